The van der Waals surface area contributed by atoms with Crippen LogP contribution in [0.3, 0.4) is 0 Å². The van der Waals surface area contributed by atoms with Crippen molar-refractivity contribution in [1.29, 1.82) is 0 Å². The van der Waals surface area contributed by atoms with Gasteiger partial charge in [0.1, 0.15) is 6.04 Å². The second kappa shape index (κ2) is 7.06. The van der Waals surface area contributed by atoms with Crippen molar-refractivity contribution in [3.63, 3.8) is 0 Å². The number of aliphatic carboxylic acids is 1. The van der Waals surface area contributed by atoms with Crippen molar-refractivity contribution in [2.24, 2.45) is 13.0 Å². The van der Waals surface area contributed by atoms with E-state index in [-0.39, 0.29) is 5.92 Å². The fourth-order valence-corrected chi connectivity index (χ4v) is 2.07. The highest BCUT2D eigenvalue weighted by Gasteiger charge is 2.24. The van der Waals surface area contributed by atoms with Crippen LogP contribution in [0.2, 0.25) is 0 Å². The van der Waals surface area contributed by atoms with Crippen LogP contribution in [0, 0.1) is 19.8 Å². The lowest BCUT2D eigenvalue weighted by molar-refractivity contribution is -0.142. The summed E-state index contributed by atoms with van der Waals surface area (Å²) in [4.78, 5) is 23.1. The number of aromatic nitrogens is 2. The summed E-state index contributed by atoms with van der Waals surface area (Å²) in [7, 11) is 1.84. The molecule has 1 aromatic heterocycles. The zero-order valence-corrected chi connectivity index (χ0v) is 13.2. The zero-order valence-electron chi connectivity index (χ0n) is 13.2. The van der Waals surface area contributed by atoms with Crippen molar-refractivity contribution >= 4 is 18.0 Å². The lowest BCUT2D eigenvalue weighted by Crippen LogP contribution is -2.44. The van der Waals surface area contributed by atoms with Gasteiger partial charge in [-0.2, -0.15) is 5.10 Å². The predicted octanol–water partition coefficient (Wildman–Crippen LogP) is 1.67. The third-order valence-electron chi connectivity index (χ3n) is 3.74. The third kappa shape index (κ3) is 4.18. The Labute approximate surface area is 124 Å². The Hall–Kier alpha value is -2.11. The van der Waals surface area contributed by atoms with E-state index in [2.05, 4.69) is 10.4 Å². The average molecular weight is 293 g/mol. The summed E-state index contributed by atoms with van der Waals surface area (Å²) in [5.41, 5.74) is 2.66. The second-order valence-corrected chi connectivity index (χ2v) is 5.25. The molecule has 0 saturated carbocycles. The highest BCUT2D eigenvalue weighted by Crippen LogP contribution is 2.13. The Kier molecular flexibility index (Phi) is 5.69. The third-order valence-corrected chi connectivity index (χ3v) is 3.74. The van der Waals surface area contributed by atoms with E-state index in [0.29, 0.717) is 6.42 Å². The lowest BCUT2D eigenvalue weighted by atomic mass is 9.99. The van der Waals surface area contributed by atoms with Crippen molar-refractivity contribution in [3.05, 3.63) is 23.0 Å². The second-order valence-electron chi connectivity index (χ2n) is 5.25. The topological polar surface area (TPSA) is 84.2 Å². The molecule has 0 saturated heterocycles. The number of rotatable bonds is 6. The van der Waals surface area contributed by atoms with Gasteiger partial charge in [0.15, 0.2) is 0 Å². The van der Waals surface area contributed by atoms with Crippen LogP contribution in [0.5, 0.6) is 0 Å². The highest BCUT2D eigenvalue weighted by molar-refractivity contribution is 5.94. The molecule has 0 aliphatic carbocycles. The number of nitrogens with one attached hydrogen (secondary N) is 1. The van der Waals surface area contributed by atoms with Gasteiger partial charge in [-0.05, 0) is 25.8 Å². The number of carbonyl (C=O) groups is 2. The van der Waals surface area contributed by atoms with Crippen LogP contribution < -0.4 is 5.32 Å². The van der Waals surface area contributed by atoms with Crippen molar-refractivity contribution in [1.82, 2.24) is 15.1 Å². The molecule has 0 spiro atoms. The molecule has 1 amide bonds. The molecule has 0 fully saturated rings. The Morgan fingerprint density at radius 2 is 2.05 bits per heavy atom. The first-order valence-corrected chi connectivity index (χ1v) is 6.99. The number of amides is 1. The molecule has 6 heteroatoms. The molecule has 116 valence electrons. The number of hydrogen-bond donors (Lipinski definition) is 2. The van der Waals surface area contributed by atoms with E-state index in [0.717, 1.165) is 17.0 Å². The van der Waals surface area contributed by atoms with Crippen LogP contribution in [-0.4, -0.2) is 32.8 Å². The van der Waals surface area contributed by atoms with Gasteiger partial charge in [-0.3, -0.25) is 9.48 Å². The van der Waals surface area contributed by atoms with Crippen LogP contribution >= 0.6 is 0 Å². The van der Waals surface area contributed by atoms with Crippen molar-refractivity contribution in [2.75, 3.05) is 0 Å². The number of aryl methyl sites for hydroxylation is 2. The molecule has 0 aliphatic rings. The average Bonchev–Trinajstić information content (AvgIpc) is 2.66. The summed E-state index contributed by atoms with van der Waals surface area (Å²) in [5.74, 6) is -1.55. The van der Waals surface area contributed by atoms with Crippen molar-refractivity contribution < 1.29 is 14.7 Å². The Morgan fingerprint density at radius 1 is 1.43 bits per heavy atom. The molecule has 0 aliphatic heterocycles. The van der Waals surface area contributed by atoms with Crippen molar-refractivity contribution in [3.8, 4) is 0 Å². The molecule has 1 heterocycles. The largest absolute Gasteiger partial charge is 0.480 e. The number of carboxylic acid groups (broad SMARTS) is 1. The fraction of sp³-hybridized carbons (Fsp3) is 0.533. The standard InChI is InChI=1S/C15H23N3O3/c1-6-9(2)14(15(20)21)16-13(19)8-7-12-10(3)17-18(5)11(12)4/h7-9,14H,6H2,1-5H3,(H,16,19)(H,20,21)/b8-7+/t9?,14-/m0/s1. The van der Waals surface area contributed by atoms with Gasteiger partial charge in [0.25, 0.3) is 0 Å². The smallest absolute Gasteiger partial charge is 0.326 e. The van der Waals surface area contributed by atoms with Gasteiger partial charge < -0.3 is 10.4 Å². The van der Waals surface area contributed by atoms with Crippen molar-refractivity contribution in [2.45, 2.75) is 40.2 Å². The maximum absolute atomic E-state index is 11.9. The monoisotopic (exact) mass is 293 g/mol. The number of carbonyl (C=O) groups excluding carboxylic acids is 1. The van der Waals surface area contributed by atoms with Gasteiger partial charge >= 0.3 is 5.97 Å². The van der Waals surface area contributed by atoms with E-state index >= 15 is 0 Å². The Morgan fingerprint density at radius 3 is 2.48 bits per heavy atom. The first-order chi connectivity index (χ1) is 9.77. The molecule has 1 unspecified atom stereocenters. The van der Waals surface area contributed by atoms with Crippen LogP contribution in [0.4, 0.5) is 0 Å². The number of nitrogens with zero attached hydrogens (tertiary/aromatic N) is 2. The summed E-state index contributed by atoms with van der Waals surface area (Å²) in [6, 6.07) is -0.872. The molecule has 6 nitrogen and oxygen atoms in total. The minimum Gasteiger partial charge on any atom is -0.480 e. The van der Waals surface area contributed by atoms with Gasteiger partial charge in [-0.25, -0.2) is 4.79 Å². The maximum Gasteiger partial charge on any atom is 0.326 e. The first-order valence-electron chi connectivity index (χ1n) is 6.99. The molecule has 1 aromatic rings. The first kappa shape index (κ1) is 16.9. The summed E-state index contributed by atoms with van der Waals surface area (Å²) in [6.07, 6.45) is 3.71. The summed E-state index contributed by atoms with van der Waals surface area (Å²) in [6.45, 7) is 7.48. The van der Waals surface area contributed by atoms with E-state index in [9.17, 15) is 9.59 Å². The highest BCUT2D eigenvalue weighted by atomic mass is 16.4. The molecule has 0 radical (unpaired) electrons. The van der Waals surface area contributed by atoms with Crippen LogP contribution in [0.15, 0.2) is 6.08 Å². The lowest BCUT2D eigenvalue weighted by Gasteiger charge is -2.19. The van der Waals surface area contributed by atoms with Gasteiger partial charge in [0, 0.05) is 24.4 Å². The maximum atomic E-state index is 11.9. The molecule has 1 rings (SSSR count). The van der Waals surface area contributed by atoms with E-state index in [4.69, 9.17) is 5.11 Å². The van der Waals surface area contributed by atoms with Crippen LogP contribution in [0.1, 0.15) is 37.2 Å². The molecule has 0 bridgehead atoms. The molecular weight excluding hydrogens is 270 g/mol. The van der Waals surface area contributed by atoms with Crippen LogP contribution in [0.25, 0.3) is 6.08 Å². The van der Waals surface area contributed by atoms with E-state index in [1.165, 1.54) is 6.08 Å². The normalized spacial score (nSPS) is 14.1. The zero-order chi connectivity index (χ0) is 16.2. The SMILES string of the molecule is CCC(C)[C@H](NC(=O)/C=C/c1c(C)nn(C)c1C)C(=O)O. The minimum absolute atomic E-state index is 0.123. The Bertz CT molecular complexity index is 561. The number of hydrogen-bond acceptors (Lipinski definition) is 3. The van der Waals surface area contributed by atoms with E-state index < -0.39 is 17.9 Å². The molecule has 2 atom stereocenters. The summed E-state index contributed by atoms with van der Waals surface area (Å²) in [5, 5.41) is 15.9. The van der Waals surface area contributed by atoms with E-state index in [1.54, 1.807) is 17.7 Å². The van der Waals surface area contributed by atoms with Gasteiger partial charge in [0.05, 0.1) is 5.69 Å². The molecule has 0 aromatic carbocycles. The quantitative estimate of drug-likeness (QED) is 0.781. The Balaban J connectivity index is 2.81. The molecular formula is C15H23N3O3. The summed E-state index contributed by atoms with van der Waals surface area (Å²) < 4.78 is 1.74. The van der Waals surface area contributed by atoms with Crippen LogP contribution in [-0.2, 0) is 16.6 Å². The number of carboxylic acids is 1. The molecule has 2 N–H and O–H groups in total. The predicted molar refractivity (Wildman–Crippen MR) is 80.7 cm³/mol. The van der Waals surface area contributed by atoms with Gasteiger partial charge in [-0.15, -0.1) is 0 Å². The molecule has 21 heavy (non-hydrogen) atoms. The fourth-order valence-electron chi connectivity index (χ4n) is 2.07. The summed E-state index contributed by atoms with van der Waals surface area (Å²) >= 11 is 0. The van der Waals surface area contributed by atoms with E-state index in [1.807, 2.05) is 27.8 Å². The minimum atomic E-state index is -1.01. The van der Waals surface area contributed by atoms with Gasteiger partial charge in [-0.1, -0.05) is 20.3 Å². The van der Waals surface area contributed by atoms with Gasteiger partial charge in [0.2, 0.25) is 5.91 Å².